The Balaban J connectivity index is 2.52. The van der Waals surface area contributed by atoms with Crippen LogP contribution in [-0.4, -0.2) is 11.6 Å². The highest BCUT2D eigenvalue weighted by Gasteiger charge is 1.91. The van der Waals surface area contributed by atoms with Crippen molar-refractivity contribution in [3.63, 3.8) is 0 Å². The van der Waals surface area contributed by atoms with E-state index in [0.29, 0.717) is 18.1 Å². The largest absolute Gasteiger partial charge is 0.478 e. The third-order valence-corrected chi connectivity index (χ3v) is 1.21. The summed E-state index contributed by atoms with van der Waals surface area (Å²) in [5.74, 6) is 0.640. The lowest BCUT2D eigenvalue weighted by Gasteiger charge is -2.01. The summed E-state index contributed by atoms with van der Waals surface area (Å²) >= 11 is 0. The SMILES string of the molecule is [CH]c1ccc(OCCC)nc1. The van der Waals surface area contributed by atoms with Gasteiger partial charge in [-0.05, 0) is 12.0 Å². The maximum absolute atomic E-state index is 5.44. The smallest absolute Gasteiger partial charge is 0.213 e. The molecule has 2 radical (unpaired) electrons. The minimum Gasteiger partial charge on any atom is -0.478 e. The van der Waals surface area contributed by atoms with Crippen LogP contribution in [0.2, 0.25) is 0 Å². The Morgan fingerprint density at radius 1 is 1.55 bits per heavy atom. The van der Waals surface area contributed by atoms with Crippen LogP contribution in [0, 0.1) is 6.92 Å². The van der Waals surface area contributed by atoms with Crippen LogP contribution in [0.5, 0.6) is 5.88 Å². The predicted octanol–water partition coefficient (Wildman–Crippen LogP) is 1.93. The van der Waals surface area contributed by atoms with Gasteiger partial charge in [-0.3, -0.25) is 0 Å². The van der Waals surface area contributed by atoms with E-state index in [4.69, 9.17) is 11.7 Å². The summed E-state index contributed by atoms with van der Waals surface area (Å²) < 4.78 is 5.24. The van der Waals surface area contributed by atoms with Crippen LogP contribution < -0.4 is 4.74 Å². The van der Waals surface area contributed by atoms with Crippen LogP contribution in [0.4, 0.5) is 0 Å². The van der Waals surface area contributed by atoms with Crippen molar-refractivity contribution in [3.05, 3.63) is 30.8 Å². The fourth-order valence-corrected chi connectivity index (χ4v) is 0.684. The molecule has 0 aliphatic rings. The Morgan fingerprint density at radius 2 is 2.36 bits per heavy atom. The molecule has 0 aliphatic heterocycles. The molecule has 58 valence electrons. The molecule has 0 spiro atoms. The minimum atomic E-state index is 0.640. The van der Waals surface area contributed by atoms with Crippen molar-refractivity contribution in [2.24, 2.45) is 0 Å². The van der Waals surface area contributed by atoms with Gasteiger partial charge >= 0.3 is 0 Å². The Hall–Kier alpha value is -1.05. The van der Waals surface area contributed by atoms with Crippen molar-refractivity contribution in [2.45, 2.75) is 13.3 Å². The van der Waals surface area contributed by atoms with Gasteiger partial charge in [-0.15, -0.1) is 0 Å². The zero-order chi connectivity index (χ0) is 8.10. The van der Waals surface area contributed by atoms with Crippen LogP contribution in [0.3, 0.4) is 0 Å². The number of hydrogen-bond acceptors (Lipinski definition) is 2. The first-order valence-corrected chi connectivity index (χ1v) is 3.67. The normalized spacial score (nSPS) is 9.64. The molecular formula is C9H11NO. The first-order valence-electron chi connectivity index (χ1n) is 3.67. The third-order valence-electron chi connectivity index (χ3n) is 1.21. The van der Waals surface area contributed by atoms with Gasteiger partial charge in [0.2, 0.25) is 5.88 Å². The van der Waals surface area contributed by atoms with Gasteiger partial charge in [-0.2, -0.15) is 0 Å². The van der Waals surface area contributed by atoms with Gasteiger partial charge < -0.3 is 4.74 Å². The number of ether oxygens (including phenoxy) is 1. The van der Waals surface area contributed by atoms with E-state index < -0.39 is 0 Å². The van der Waals surface area contributed by atoms with E-state index in [-0.39, 0.29) is 0 Å². The second-order valence-corrected chi connectivity index (χ2v) is 2.28. The summed E-state index contributed by atoms with van der Waals surface area (Å²) in [6, 6.07) is 3.54. The van der Waals surface area contributed by atoms with E-state index in [0.717, 1.165) is 6.42 Å². The fourth-order valence-electron chi connectivity index (χ4n) is 0.684. The molecule has 0 aromatic carbocycles. The Bertz CT molecular complexity index is 205. The lowest BCUT2D eigenvalue weighted by molar-refractivity contribution is 0.305. The van der Waals surface area contributed by atoms with Crippen LogP contribution in [0.15, 0.2) is 18.3 Å². The molecule has 2 nitrogen and oxygen atoms in total. The van der Waals surface area contributed by atoms with Crippen molar-refractivity contribution >= 4 is 0 Å². The quantitative estimate of drug-likeness (QED) is 0.655. The van der Waals surface area contributed by atoms with E-state index >= 15 is 0 Å². The number of nitrogens with zero attached hydrogens (tertiary/aromatic N) is 1. The van der Waals surface area contributed by atoms with Crippen molar-refractivity contribution in [1.29, 1.82) is 0 Å². The molecule has 1 rings (SSSR count). The molecule has 1 aromatic heterocycles. The topological polar surface area (TPSA) is 22.1 Å². The fraction of sp³-hybridized carbons (Fsp3) is 0.333. The number of aromatic nitrogens is 1. The maximum atomic E-state index is 5.44. The zero-order valence-electron chi connectivity index (χ0n) is 6.58. The zero-order valence-corrected chi connectivity index (χ0v) is 6.58. The van der Waals surface area contributed by atoms with E-state index in [1.807, 2.05) is 0 Å². The van der Waals surface area contributed by atoms with Gasteiger partial charge in [0.15, 0.2) is 0 Å². The van der Waals surface area contributed by atoms with E-state index in [2.05, 4.69) is 11.9 Å². The summed E-state index contributed by atoms with van der Waals surface area (Å²) in [5, 5.41) is 0. The number of rotatable bonds is 3. The van der Waals surface area contributed by atoms with Gasteiger partial charge in [0.1, 0.15) is 0 Å². The summed E-state index contributed by atoms with van der Waals surface area (Å²) in [6.45, 7) is 8.20. The van der Waals surface area contributed by atoms with Gasteiger partial charge in [-0.1, -0.05) is 13.0 Å². The average Bonchev–Trinajstić information content (AvgIpc) is 2.04. The molecule has 0 amide bonds. The molecular weight excluding hydrogens is 138 g/mol. The molecule has 0 saturated carbocycles. The molecule has 2 heteroatoms. The minimum absolute atomic E-state index is 0.640. The predicted molar refractivity (Wildman–Crippen MR) is 43.4 cm³/mol. The van der Waals surface area contributed by atoms with Crippen molar-refractivity contribution < 1.29 is 4.74 Å². The molecule has 0 bridgehead atoms. The van der Waals surface area contributed by atoms with Gasteiger partial charge in [0.05, 0.1) is 6.61 Å². The molecule has 11 heavy (non-hydrogen) atoms. The molecule has 0 unspecified atom stereocenters. The van der Waals surface area contributed by atoms with Crippen LogP contribution in [0.1, 0.15) is 18.9 Å². The van der Waals surface area contributed by atoms with Crippen molar-refractivity contribution in [2.75, 3.05) is 6.61 Å². The number of pyridine rings is 1. The van der Waals surface area contributed by atoms with Crippen molar-refractivity contribution in [3.8, 4) is 5.88 Å². The van der Waals surface area contributed by atoms with Crippen LogP contribution in [-0.2, 0) is 0 Å². The second-order valence-electron chi connectivity index (χ2n) is 2.28. The lowest BCUT2D eigenvalue weighted by Crippen LogP contribution is -1.96. The molecule has 0 N–H and O–H groups in total. The summed E-state index contributed by atoms with van der Waals surface area (Å²) in [6.07, 6.45) is 2.58. The summed E-state index contributed by atoms with van der Waals surface area (Å²) in [5.41, 5.74) is 0.661. The maximum Gasteiger partial charge on any atom is 0.213 e. The molecule has 0 saturated heterocycles. The Kier molecular flexibility index (Phi) is 2.90. The first kappa shape index (κ1) is 8.05. The second kappa shape index (κ2) is 3.96. The summed E-state index contributed by atoms with van der Waals surface area (Å²) in [7, 11) is 0. The number of hydrogen-bond donors (Lipinski definition) is 0. The Morgan fingerprint density at radius 3 is 2.91 bits per heavy atom. The standard InChI is InChI=1S/C9H11NO/c1-3-6-11-9-5-4-8(2)7-10-9/h2,4-5,7H,3,6H2,1H3. The van der Waals surface area contributed by atoms with E-state index in [1.54, 1.807) is 18.3 Å². The van der Waals surface area contributed by atoms with Crippen molar-refractivity contribution in [1.82, 2.24) is 4.98 Å². The third kappa shape index (κ3) is 2.58. The molecule has 0 fully saturated rings. The van der Waals surface area contributed by atoms with Gasteiger partial charge in [-0.25, -0.2) is 4.98 Å². The first-order chi connectivity index (χ1) is 5.33. The van der Waals surface area contributed by atoms with Gasteiger partial charge in [0, 0.05) is 19.2 Å². The highest BCUT2D eigenvalue weighted by Crippen LogP contribution is 2.06. The molecule has 1 aromatic rings. The molecule has 1 heterocycles. The van der Waals surface area contributed by atoms with Crippen LogP contribution >= 0.6 is 0 Å². The average molecular weight is 149 g/mol. The van der Waals surface area contributed by atoms with E-state index in [9.17, 15) is 0 Å². The molecule has 0 aliphatic carbocycles. The summed E-state index contributed by atoms with van der Waals surface area (Å²) in [4.78, 5) is 3.97. The highest BCUT2D eigenvalue weighted by molar-refractivity contribution is 5.19. The monoisotopic (exact) mass is 149 g/mol. The highest BCUT2D eigenvalue weighted by atomic mass is 16.5. The Labute approximate surface area is 67.2 Å². The lowest BCUT2D eigenvalue weighted by atomic mass is 10.3. The van der Waals surface area contributed by atoms with E-state index in [1.165, 1.54) is 0 Å². The van der Waals surface area contributed by atoms with Gasteiger partial charge in [0.25, 0.3) is 0 Å². The van der Waals surface area contributed by atoms with Crippen LogP contribution in [0.25, 0.3) is 0 Å². The molecule has 0 atom stereocenters.